The van der Waals surface area contributed by atoms with Gasteiger partial charge in [-0.1, -0.05) is 176 Å². The van der Waals surface area contributed by atoms with Crippen LogP contribution in [-0.4, -0.2) is 9.97 Å². The summed E-state index contributed by atoms with van der Waals surface area (Å²) in [7, 11) is 0. The molecular formula is C64H48N2. The quantitative estimate of drug-likeness (QED) is 0.167. The van der Waals surface area contributed by atoms with Gasteiger partial charge in [-0.2, -0.15) is 0 Å². The second-order valence-corrected chi connectivity index (χ2v) is 19.7. The Kier molecular flexibility index (Phi) is 8.50. The normalized spacial score (nSPS) is 21.1. The molecule has 2 nitrogen and oxygen atoms in total. The number of benzene rings is 9. The van der Waals surface area contributed by atoms with Crippen molar-refractivity contribution in [2.24, 2.45) is 23.7 Å². The van der Waals surface area contributed by atoms with Crippen LogP contribution in [0, 0.1) is 23.7 Å². The van der Waals surface area contributed by atoms with Crippen molar-refractivity contribution in [2.75, 3.05) is 0 Å². The minimum atomic E-state index is 0.105. The Morgan fingerprint density at radius 3 is 1.62 bits per heavy atom. The van der Waals surface area contributed by atoms with Crippen LogP contribution in [0.15, 0.2) is 206 Å². The molecule has 0 N–H and O–H groups in total. The molecule has 4 saturated carbocycles. The van der Waals surface area contributed by atoms with Crippen LogP contribution >= 0.6 is 0 Å². The fraction of sp³-hybridized carbons (Fsp3) is 0.156. The molecule has 0 atom stereocenters. The van der Waals surface area contributed by atoms with Gasteiger partial charge in [0.25, 0.3) is 0 Å². The zero-order chi connectivity index (χ0) is 43.3. The van der Waals surface area contributed by atoms with Crippen molar-refractivity contribution in [1.82, 2.24) is 9.97 Å². The predicted molar refractivity (Wildman–Crippen MR) is 273 cm³/mol. The lowest BCUT2D eigenvalue weighted by Gasteiger charge is -2.61. The number of hydrogen-bond donors (Lipinski definition) is 0. The number of nitrogens with zero attached hydrogens (tertiary/aromatic N) is 2. The van der Waals surface area contributed by atoms with Crippen LogP contribution in [0.5, 0.6) is 0 Å². The summed E-state index contributed by atoms with van der Waals surface area (Å²) >= 11 is 0. The number of fused-ring (bicyclic) bond motifs is 5. The van der Waals surface area contributed by atoms with E-state index in [1.54, 1.807) is 11.1 Å². The maximum atomic E-state index is 5.31. The van der Waals surface area contributed by atoms with Gasteiger partial charge in [-0.05, 0) is 163 Å². The maximum Gasteiger partial charge on any atom is 0.160 e. The molecule has 0 amide bonds. The SMILES string of the molecule is c1ccc(-c2cccc(-c3cc(-c4ccc(-c5cccc(-c6cccc7c6-c6cc8ccccc8cc6C76C7CC8CC(C7)CC6C8)c5)c5ccccc45)nc(-c4ccccc4)n3)c2)cc1. The molecule has 4 fully saturated rings. The lowest BCUT2D eigenvalue weighted by Crippen LogP contribution is -2.55. The molecule has 0 aliphatic heterocycles. The van der Waals surface area contributed by atoms with Crippen LogP contribution in [0.4, 0.5) is 0 Å². The van der Waals surface area contributed by atoms with Gasteiger partial charge >= 0.3 is 0 Å². The molecule has 1 spiro atoms. The third-order valence-electron chi connectivity index (χ3n) is 16.2. The van der Waals surface area contributed by atoms with Gasteiger partial charge in [0.1, 0.15) is 0 Å². The van der Waals surface area contributed by atoms with Gasteiger partial charge in [0.2, 0.25) is 0 Å². The highest BCUT2D eigenvalue weighted by atomic mass is 14.9. The Labute approximate surface area is 386 Å². The molecule has 1 aromatic heterocycles. The van der Waals surface area contributed by atoms with E-state index in [1.165, 1.54) is 92.6 Å². The Morgan fingerprint density at radius 1 is 0.333 bits per heavy atom. The first-order valence-corrected chi connectivity index (χ1v) is 24.1. The molecule has 0 radical (unpaired) electrons. The average molecular weight is 845 g/mol. The lowest BCUT2D eigenvalue weighted by atomic mass is 9.43. The van der Waals surface area contributed by atoms with Crippen LogP contribution in [0.2, 0.25) is 0 Å². The Bertz CT molecular complexity index is 3520. The van der Waals surface area contributed by atoms with Gasteiger partial charge in [-0.15, -0.1) is 0 Å². The number of aromatic nitrogens is 2. The zero-order valence-electron chi connectivity index (χ0n) is 36.9. The van der Waals surface area contributed by atoms with Crippen molar-refractivity contribution in [2.45, 2.75) is 37.5 Å². The topological polar surface area (TPSA) is 25.8 Å². The van der Waals surface area contributed by atoms with Gasteiger partial charge in [0.15, 0.2) is 5.82 Å². The highest BCUT2D eigenvalue weighted by Gasteiger charge is 2.61. The minimum absolute atomic E-state index is 0.105. The molecule has 2 heteroatoms. The molecule has 9 aromatic carbocycles. The van der Waals surface area contributed by atoms with Gasteiger partial charge in [-0.3, -0.25) is 0 Å². The van der Waals surface area contributed by atoms with E-state index in [1.807, 2.05) is 6.07 Å². The first kappa shape index (κ1) is 37.9. The van der Waals surface area contributed by atoms with Crippen molar-refractivity contribution in [3.8, 4) is 78.4 Å². The van der Waals surface area contributed by atoms with E-state index in [9.17, 15) is 0 Å². The zero-order valence-corrected chi connectivity index (χ0v) is 36.9. The fourth-order valence-corrected chi connectivity index (χ4v) is 13.7. The van der Waals surface area contributed by atoms with E-state index in [-0.39, 0.29) is 5.41 Å². The summed E-state index contributed by atoms with van der Waals surface area (Å²) in [5, 5.41) is 5.10. The molecule has 0 saturated heterocycles. The third-order valence-corrected chi connectivity index (χ3v) is 16.2. The van der Waals surface area contributed by atoms with Crippen molar-refractivity contribution in [3.05, 3.63) is 217 Å². The molecule has 1 heterocycles. The van der Waals surface area contributed by atoms with E-state index in [0.29, 0.717) is 0 Å². The molecule has 0 unspecified atom stereocenters. The molecule has 5 aliphatic rings. The third kappa shape index (κ3) is 5.80. The maximum absolute atomic E-state index is 5.31. The minimum Gasteiger partial charge on any atom is -0.228 e. The number of hydrogen-bond acceptors (Lipinski definition) is 2. The highest BCUT2D eigenvalue weighted by Crippen LogP contribution is 2.70. The van der Waals surface area contributed by atoms with E-state index >= 15 is 0 Å². The van der Waals surface area contributed by atoms with E-state index < -0.39 is 0 Å². The number of rotatable bonds is 6. The van der Waals surface area contributed by atoms with Crippen molar-refractivity contribution in [1.29, 1.82) is 0 Å². The molecular weight excluding hydrogens is 797 g/mol. The summed E-state index contributed by atoms with van der Waals surface area (Å²) in [4.78, 5) is 10.5. The van der Waals surface area contributed by atoms with Crippen molar-refractivity contribution < 1.29 is 0 Å². The molecule has 15 rings (SSSR count). The fourth-order valence-electron chi connectivity index (χ4n) is 13.7. The molecule has 66 heavy (non-hydrogen) atoms. The second-order valence-electron chi connectivity index (χ2n) is 19.7. The summed E-state index contributed by atoms with van der Waals surface area (Å²) in [5.41, 5.74) is 18.7. The van der Waals surface area contributed by atoms with Gasteiger partial charge < -0.3 is 0 Å². The van der Waals surface area contributed by atoms with Gasteiger partial charge in [0, 0.05) is 22.1 Å². The Morgan fingerprint density at radius 2 is 0.879 bits per heavy atom. The Hall–Kier alpha value is -7.42. The van der Waals surface area contributed by atoms with Gasteiger partial charge in [0.05, 0.1) is 11.4 Å². The Balaban J connectivity index is 0.906. The predicted octanol–water partition coefficient (Wildman–Crippen LogP) is 16.5. The van der Waals surface area contributed by atoms with Crippen LogP contribution in [0.1, 0.15) is 43.2 Å². The van der Waals surface area contributed by atoms with E-state index in [0.717, 1.165) is 63.1 Å². The summed E-state index contributed by atoms with van der Waals surface area (Å²) in [5.74, 6) is 3.97. The van der Waals surface area contributed by atoms with Gasteiger partial charge in [-0.25, -0.2) is 9.97 Å². The summed E-state index contributed by atoms with van der Waals surface area (Å²) in [6.45, 7) is 0. The molecule has 5 aliphatic carbocycles. The van der Waals surface area contributed by atoms with Crippen molar-refractivity contribution in [3.63, 3.8) is 0 Å². The highest BCUT2D eigenvalue weighted by molar-refractivity contribution is 6.06. The molecule has 314 valence electrons. The van der Waals surface area contributed by atoms with E-state index in [4.69, 9.17) is 9.97 Å². The molecule has 10 aromatic rings. The van der Waals surface area contributed by atoms with Crippen LogP contribution < -0.4 is 0 Å². The van der Waals surface area contributed by atoms with Crippen LogP contribution in [0.3, 0.4) is 0 Å². The van der Waals surface area contributed by atoms with Crippen molar-refractivity contribution >= 4 is 21.5 Å². The first-order valence-electron chi connectivity index (χ1n) is 24.1. The second kappa shape index (κ2) is 14.8. The summed E-state index contributed by atoms with van der Waals surface area (Å²) in [6.07, 6.45) is 6.99. The largest absolute Gasteiger partial charge is 0.228 e. The monoisotopic (exact) mass is 844 g/mol. The summed E-state index contributed by atoms with van der Waals surface area (Å²) in [6, 6.07) is 76.2. The smallest absolute Gasteiger partial charge is 0.160 e. The lowest BCUT2D eigenvalue weighted by molar-refractivity contribution is -0.0398. The molecule has 4 bridgehead atoms. The van der Waals surface area contributed by atoms with Crippen LogP contribution in [0.25, 0.3) is 100.0 Å². The van der Waals surface area contributed by atoms with E-state index in [2.05, 4.69) is 200 Å². The average Bonchev–Trinajstić information content (AvgIpc) is 3.66. The van der Waals surface area contributed by atoms with Crippen LogP contribution in [-0.2, 0) is 5.41 Å². The first-order chi connectivity index (χ1) is 32.7. The standard InChI is InChI=1S/C64H48N2/c1-3-14-42(15-4-1)44-20-11-23-49(35-44)60-39-61(66-63(65-60)43-16-5-2-6-17-43)56-29-28-52(54-24-9-10-25-55(54)56)47-21-12-22-48(36-47)53-26-13-27-58-62(53)57-37-45-18-7-8-19-46(45)38-59(57)64(58)50-31-40-30-41(33-50)34-51(64)32-40/h1-29,35-41,50-51H,30-34H2. The summed E-state index contributed by atoms with van der Waals surface area (Å²) < 4.78 is 0.